The minimum atomic E-state index is -3.96. The molecule has 3 aromatic carbocycles. The molecule has 0 aliphatic carbocycles. The van der Waals surface area contributed by atoms with Crippen molar-refractivity contribution < 1.29 is 18.0 Å². The first kappa shape index (κ1) is 27.2. The Balaban J connectivity index is 1.48. The van der Waals surface area contributed by atoms with Crippen LogP contribution in [0.3, 0.4) is 0 Å². The molecule has 0 atom stereocenters. The van der Waals surface area contributed by atoms with Crippen LogP contribution < -0.4 is 10.5 Å². The van der Waals surface area contributed by atoms with Crippen LogP contribution in [0.4, 0.5) is 4.79 Å². The maximum absolute atomic E-state index is 12.5. The summed E-state index contributed by atoms with van der Waals surface area (Å²) in [6.07, 6.45) is 1.13. The average Bonchev–Trinajstić information content (AvgIpc) is 3.25. The summed E-state index contributed by atoms with van der Waals surface area (Å²) in [5, 5.41) is 0.387. The molecule has 0 aliphatic rings. The predicted octanol–water partition coefficient (Wildman–Crippen LogP) is 4.22. The number of rotatable bonds is 8. The highest BCUT2D eigenvalue weighted by atomic mass is 35.5. The van der Waals surface area contributed by atoms with E-state index in [4.69, 9.17) is 17.3 Å². The Morgan fingerprint density at radius 1 is 1.08 bits per heavy atom. The Bertz CT molecular complexity index is 1610. The van der Waals surface area contributed by atoms with Gasteiger partial charge in [0.1, 0.15) is 11.3 Å². The molecule has 0 bridgehead atoms. The molecule has 3 N–H and O–H groups in total. The first-order valence-electron chi connectivity index (χ1n) is 11.9. The number of carbonyl (C=O) groups excluding carboxylic acids is 2. The molecule has 11 heteroatoms. The lowest BCUT2D eigenvalue weighted by Gasteiger charge is -2.18. The quantitative estimate of drug-likeness (QED) is 0.338. The number of hydrogen-bond acceptors (Lipinski definition) is 5. The third-order valence-electron chi connectivity index (χ3n) is 6.21. The second-order valence-electron chi connectivity index (χ2n) is 8.96. The summed E-state index contributed by atoms with van der Waals surface area (Å²) >= 11 is 6.26. The molecule has 3 amide bonds. The van der Waals surface area contributed by atoms with Crippen molar-refractivity contribution in [2.45, 2.75) is 31.6 Å². The lowest BCUT2D eigenvalue weighted by molar-refractivity contribution is 0.100. The standard InChI is InChI=1S/C27H28ClN5O4S/c1-4-24-30-25-22(26(29)34)15-19(28)16-23(25)33(24)20-9-7-18(8-10-20)13-14-32(3)27(35)31-38(36,37)21-11-5-17(2)6-12-21/h5-12,15-16H,4,13-14H2,1-3H3,(H2,29,34)(H,31,35). The molecule has 38 heavy (non-hydrogen) atoms. The number of primary amides is 1. The van der Waals surface area contributed by atoms with Crippen molar-refractivity contribution in [3.8, 4) is 5.69 Å². The number of nitrogens with two attached hydrogens (primary N) is 1. The van der Waals surface area contributed by atoms with Crippen LogP contribution in [0.2, 0.25) is 5.02 Å². The number of fused-ring (bicyclic) bond motifs is 1. The number of nitrogens with zero attached hydrogens (tertiary/aromatic N) is 3. The van der Waals surface area contributed by atoms with E-state index in [9.17, 15) is 18.0 Å². The third kappa shape index (κ3) is 5.66. The highest BCUT2D eigenvalue weighted by molar-refractivity contribution is 7.90. The van der Waals surface area contributed by atoms with Gasteiger partial charge in [-0.1, -0.05) is 48.4 Å². The first-order chi connectivity index (χ1) is 18.0. The van der Waals surface area contributed by atoms with Crippen molar-refractivity contribution in [2.75, 3.05) is 13.6 Å². The van der Waals surface area contributed by atoms with Crippen molar-refractivity contribution in [3.63, 3.8) is 0 Å². The van der Waals surface area contributed by atoms with Gasteiger partial charge in [-0.2, -0.15) is 0 Å². The van der Waals surface area contributed by atoms with Gasteiger partial charge in [0, 0.05) is 30.7 Å². The van der Waals surface area contributed by atoms with Crippen molar-refractivity contribution in [1.82, 2.24) is 19.2 Å². The summed E-state index contributed by atoms with van der Waals surface area (Å²) in [5.74, 6) is 0.156. The Hall–Kier alpha value is -3.89. The van der Waals surface area contributed by atoms with Crippen LogP contribution in [0.5, 0.6) is 0 Å². The summed E-state index contributed by atoms with van der Waals surface area (Å²) < 4.78 is 29.1. The number of aryl methyl sites for hydroxylation is 2. The number of likely N-dealkylation sites (N-methyl/N-ethyl adjacent to an activating group) is 1. The van der Waals surface area contributed by atoms with E-state index < -0.39 is 22.0 Å². The van der Waals surface area contributed by atoms with Crippen LogP contribution in [-0.2, 0) is 22.9 Å². The van der Waals surface area contributed by atoms with E-state index in [0.717, 1.165) is 22.6 Å². The summed E-state index contributed by atoms with van der Waals surface area (Å²) in [7, 11) is -2.42. The predicted molar refractivity (Wildman–Crippen MR) is 147 cm³/mol. The van der Waals surface area contributed by atoms with Crippen molar-refractivity contribution in [1.29, 1.82) is 0 Å². The number of carbonyl (C=O) groups is 2. The summed E-state index contributed by atoms with van der Waals surface area (Å²) in [6, 6.07) is 16.5. The lowest BCUT2D eigenvalue weighted by atomic mass is 10.1. The molecule has 4 rings (SSSR count). The average molecular weight is 554 g/mol. The maximum Gasteiger partial charge on any atom is 0.331 e. The van der Waals surface area contributed by atoms with Crippen LogP contribution in [0.1, 0.15) is 34.2 Å². The van der Waals surface area contributed by atoms with Crippen molar-refractivity contribution >= 4 is 44.6 Å². The molecule has 1 aromatic heterocycles. The van der Waals surface area contributed by atoms with Crippen LogP contribution >= 0.6 is 11.6 Å². The molecule has 0 fully saturated rings. The Morgan fingerprint density at radius 3 is 2.34 bits per heavy atom. The zero-order valence-corrected chi connectivity index (χ0v) is 22.8. The van der Waals surface area contributed by atoms with Gasteiger partial charge in [-0.05, 0) is 55.3 Å². The number of halogens is 1. The van der Waals surface area contributed by atoms with Gasteiger partial charge in [-0.15, -0.1) is 0 Å². The summed E-state index contributed by atoms with van der Waals surface area (Å²) in [6.45, 7) is 4.13. The Labute approximate surface area is 226 Å². The number of benzene rings is 3. The molecule has 1 heterocycles. The van der Waals surface area contributed by atoms with Crippen molar-refractivity contribution in [2.24, 2.45) is 5.73 Å². The first-order valence-corrected chi connectivity index (χ1v) is 13.8. The SMILES string of the molecule is CCc1nc2c(C(N)=O)cc(Cl)cc2n1-c1ccc(CCN(C)C(=O)NS(=O)(=O)c2ccc(C)cc2)cc1. The fourth-order valence-electron chi connectivity index (χ4n) is 4.08. The van der Waals surface area contributed by atoms with Gasteiger partial charge in [-0.3, -0.25) is 9.36 Å². The van der Waals surface area contributed by atoms with E-state index in [0.29, 0.717) is 35.4 Å². The number of nitrogens with one attached hydrogen (secondary N) is 1. The molecule has 198 valence electrons. The van der Waals surface area contributed by atoms with Gasteiger partial charge in [0.2, 0.25) is 0 Å². The fraction of sp³-hybridized carbons (Fsp3) is 0.222. The molecule has 0 aliphatic heterocycles. The summed E-state index contributed by atoms with van der Waals surface area (Å²) in [4.78, 5) is 30.4. The number of aromatic nitrogens is 2. The third-order valence-corrected chi connectivity index (χ3v) is 7.76. The van der Waals surface area contributed by atoms with E-state index >= 15 is 0 Å². The molecule has 0 saturated carbocycles. The van der Waals surface area contributed by atoms with Crippen molar-refractivity contribution in [3.05, 3.63) is 88.2 Å². The zero-order chi connectivity index (χ0) is 27.6. The van der Waals surface area contributed by atoms with Crippen LogP contribution in [0, 0.1) is 6.92 Å². The molecule has 4 aromatic rings. The van der Waals surface area contributed by atoms with E-state index in [2.05, 4.69) is 9.71 Å². The van der Waals surface area contributed by atoms with Gasteiger partial charge < -0.3 is 10.6 Å². The number of urea groups is 1. The topological polar surface area (TPSA) is 127 Å². The largest absolute Gasteiger partial charge is 0.366 e. The number of sulfonamides is 1. The van der Waals surface area contributed by atoms with Gasteiger partial charge in [0.05, 0.1) is 16.0 Å². The van der Waals surface area contributed by atoms with Crippen LogP contribution in [-0.4, -0.2) is 48.4 Å². The molecule has 0 unspecified atom stereocenters. The second-order valence-corrected chi connectivity index (χ2v) is 11.1. The minimum Gasteiger partial charge on any atom is -0.366 e. The maximum atomic E-state index is 12.5. The van der Waals surface area contributed by atoms with Gasteiger partial charge >= 0.3 is 6.03 Å². The molecule has 9 nitrogen and oxygen atoms in total. The monoisotopic (exact) mass is 553 g/mol. The Morgan fingerprint density at radius 2 is 1.74 bits per heavy atom. The number of imidazole rings is 1. The smallest absolute Gasteiger partial charge is 0.331 e. The van der Waals surface area contributed by atoms with Gasteiger partial charge in [0.25, 0.3) is 15.9 Å². The molecular formula is C27H28ClN5O4S. The van der Waals surface area contributed by atoms with E-state index in [-0.39, 0.29) is 10.5 Å². The molecular weight excluding hydrogens is 526 g/mol. The van der Waals surface area contributed by atoms with Gasteiger partial charge in [0.15, 0.2) is 0 Å². The second kappa shape index (κ2) is 10.8. The minimum absolute atomic E-state index is 0.0307. The van der Waals surface area contributed by atoms with Crippen LogP contribution in [0.25, 0.3) is 16.7 Å². The fourth-order valence-corrected chi connectivity index (χ4v) is 5.29. The number of amides is 3. The molecule has 0 spiro atoms. The van der Waals surface area contributed by atoms with E-state index in [1.54, 1.807) is 25.2 Å². The molecule has 0 saturated heterocycles. The highest BCUT2D eigenvalue weighted by Gasteiger charge is 2.20. The van der Waals surface area contributed by atoms with Gasteiger partial charge in [-0.25, -0.2) is 22.9 Å². The Kier molecular flexibility index (Phi) is 7.75. The van der Waals surface area contributed by atoms with Crippen LogP contribution in [0.15, 0.2) is 65.6 Å². The highest BCUT2D eigenvalue weighted by Crippen LogP contribution is 2.28. The zero-order valence-electron chi connectivity index (χ0n) is 21.2. The molecule has 0 radical (unpaired) electrons. The lowest BCUT2D eigenvalue weighted by Crippen LogP contribution is -2.41. The van der Waals surface area contributed by atoms with E-state index in [1.807, 2.05) is 42.7 Å². The van der Waals surface area contributed by atoms with E-state index in [1.165, 1.54) is 23.1 Å². The summed E-state index contributed by atoms with van der Waals surface area (Å²) in [5.41, 5.74) is 9.70. The normalized spacial score (nSPS) is 11.5. The number of hydrogen-bond donors (Lipinski definition) is 2.